The van der Waals surface area contributed by atoms with Crippen molar-refractivity contribution in [3.63, 3.8) is 0 Å². The molecule has 1 heterocycles. The van der Waals surface area contributed by atoms with Crippen LogP contribution in [0.5, 0.6) is 5.75 Å². The number of para-hydroxylation sites is 1. The lowest BCUT2D eigenvalue weighted by molar-refractivity contribution is -0.143. The molecule has 1 aromatic rings. The second-order valence-corrected chi connectivity index (χ2v) is 8.50. The molecule has 30 heavy (non-hydrogen) atoms. The third kappa shape index (κ3) is 5.44. The number of aliphatic hydroxyl groups excluding tert-OH is 2. The topological polar surface area (TPSA) is 76.0 Å². The van der Waals surface area contributed by atoms with Gasteiger partial charge in [0.2, 0.25) is 0 Å². The van der Waals surface area contributed by atoms with E-state index >= 15 is 0 Å². The van der Waals surface area contributed by atoms with Gasteiger partial charge in [-0.25, -0.2) is 0 Å². The van der Waals surface area contributed by atoms with Gasteiger partial charge in [-0.15, -0.1) is 0 Å². The minimum Gasteiger partial charge on any atom is -0.489 e. The Kier molecular flexibility index (Phi) is 8.34. The van der Waals surface area contributed by atoms with Gasteiger partial charge in [-0.3, -0.25) is 4.79 Å². The van der Waals surface area contributed by atoms with E-state index in [1.165, 1.54) is 0 Å². The minimum atomic E-state index is -0.459. The van der Waals surface area contributed by atoms with Crippen LogP contribution in [0, 0.1) is 5.92 Å². The summed E-state index contributed by atoms with van der Waals surface area (Å²) >= 11 is 0. The predicted molar refractivity (Wildman–Crippen MR) is 117 cm³/mol. The van der Waals surface area contributed by atoms with E-state index in [9.17, 15) is 15.0 Å². The second-order valence-electron chi connectivity index (χ2n) is 8.50. The number of carbonyl (C=O) groups excluding carboxylic acids is 1. The summed E-state index contributed by atoms with van der Waals surface area (Å²) in [5, 5.41) is 20.9. The Morgan fingerprint density at radius 3 is 2.90 bits per heavy atom. The molecule has 0 spiro atoms. The fourth-order valence-corrected chi connectivity index (χ4v) is 4.78. The Hall–Kier alpha value is -1.85. The molecule has 0 amide bonds. The van der Waals surface area contributed by atoms with E-state index in [-0.39, 0.29) is 23.9 Å². The number of fused-ring (bicyclic) bond motifs is 3. The van der Waals surface area contributed by atoms with Gasteiger partial charge in [0, 0.05) is 30.2 Å². The van der Waals surface area contributed by atoms with Gasteiger partial charge in [0.25, 0.3) is 0 Å². The highest BCUT2D eigenvalue weighted by Gasteiger charge is 2.48. The quantitative estimate of drug-likeness (QED) is 0.320. The number of aryl methyl sites for hydroxylation is 1. The highest BCUT2D eigenvalue weighted by molar-refractivity contribution is 5.69. The number of unbranched alkanes of at least 4 members (excludes halogenated alkanes) is 2. The van der Waals surface area contributed by atoms with Crippen molar-refractivity contribution in [2.75, 3.05) is 6.61 Å². The Morgan fingerprint density at radius 2 is 2.13 bits per heavy atom. The van der Waals surface area contributed by atoms with Crippen LogP contribution in [-0.2, 0) is 16.0 Å². The van der Waals surface area contributed by atoms with Crippen LogP contribution in [0.1, 0.15) is 75.8 Å². The van der Waals surface area contributed by atoms with Crippen LogP contribution in [-0.4, -0.2) is 41.1 Å². The highest BCUT2D eigenvalue weighted by atomic mass is 16.5. The molecule has 1 fully saturated rings. The molecule has 5 atom stereocenters. The first-order valence-corrected chi connectivity index (χ1v) is 11.5. The summed E-state index contributed by atoms with van der Waals surface area (Å²) in [6.45, 7) is 4.38. The first kappa shape index (κ1) is 22.8. The predicted octanol–water partition coefficient (Wildman–Crippen LogP) is 4.30. The molecule has 2 N–H and O–H groups in total. The van der Waals surface area contributed by atoms with Gasteiger partial charge >= 0.3 is 5.97 Å². The van der Waals surface area contributed by atoms with Gasteiger partial charge < -0.3 is 19.7 Å². The standard InChI is InChI=1S/C25H36O5/c1-3-5-6-11-18(26)14-15-19-21(27)16-22-24(19)20-12-7-9-17(25(20)30-22)10-8-13-23(28)29-4-2/h7,9,12,14-15,18-19,21-22,24,26-27H,3-6,8,10-11,13,16H2,1-2H3/b15-14+/t18-,19-,21+,22-,24-/m0/s1. The Balaban J connectivity index is 1.66. The molecular weight excluding hydrogens is 380 g/mol. The summed E-state index contributed by atoms with van der Waals surface area (Å²) in [7, 11) is 0. The van der Waals surface area contributed by atoms with Crippen LogP contribution in [0.15, 0.2) is 30.4 Å². The van der Waals surface area contributed by atoms with Crippen molar-refractivity contribution in [3.05, 3.63) is 41.5 Å². The van der Waals surface area contributed by atoms with E-state index in [4.69, 9.17) is 9.47 Å². The normalized spacial score (nSPS) is 25.7. The second kappa shape index (κ2) is 11.0. The Labute approximate surface area is 180 Å². The third-order valence-electron chi connectivity index (χ3n) is 6.28. The van der Waals surface area contributed by atoms with Crippen molar-refractivity contribution >= 4 is 5.97 Å². The van der Waals surface area contributed by atoms with Crippen LogP contribution in [0.2, 0.25) is 0 Å². The smallest absolute Gasteiger partial charge is 0.305 e. The molecule has 166 valence electrons. The minimum absolute atomic E-state index is 0.0342. The molecule has 0 radical (unpaired) electrons. The molecule has 1 saturated carbocycles. The maximum Gasteiger partial charge on any atom is 0.305 e. The van der Waals surface area contributed by atoms with Gasteiger partial charge in [-0.05, 0) is 31.7 Å². The van der Waals surface area contributed by atoms with E-state index in [0.717, 1.165) is 55.4 Å². The molecule has 0 bridgehead atoms. The number of hydrogen-bond donors (Lipinski definition) is 2. The molecule has 1 aromatic carbocycles. The number of esters is 1. The average molecular weight is 417 g/mol. The molecular formula is C25H36O5. The fourth-order valence-electron chi connectivity index (χ4n) is 4.78. The van der Waals surface area contributed by atoms with Crippen LogP contribution in [0.25, 0.3) is 0 Å². The summed E-state index contributed by atoms with van der Waals surface area (Å²) in [4.78, 5) is 11.6. The number of ether oxygens (including phenoxy) is 2. The molecule has 5 heteroatoms. The zero-order valence-corrected chi connectivity index (χ0v) is 18.3. The van der Waals surface area contributed by atoms with Crippen molar-refractivity contribution in [2.24, 2.45) is 5.92 Å². The van der Waals surface area contributed by atoms with Crippen molar-refractivity contribution in [1.82, 2.24) is 0 Å². The van der Waals surface area contributed by atoms with E-state index in [2.05, 4.69) is 19.1 Å². The lowest BCUT2D eigenvalue weighted by Gasteiger charge is -2.18. The summed E-state index contributed by atoms with van der Waals surface area (Å²) in [5.41, 5.74) is 2.25. The Bertz CT molecular complexity index is 728. The van der Waals surface area contributed by atoms with E-state index in [1.54, 1.807) is 0 Å². The number of aliphatic hydroxyl groups is 2. The van der Waals surface area contributed by atoms with Gasteiger partial charge in [0.05, 0.1) is 18.8 Å². The van der Waals surface area contributed by atoms with Gasteiger partial charge in [0.15, 0.2) is 0 Å². The zero-order chi connectivity index (χ0) is 21.5. The van der Waals surface area contributed by atoms with E-state index in [1.807, 2.05) is 25.1 Å². The first-order chi connectivity index (χ1) is 14.5. The summed E-state index contributed by atoms with van der Waals surface area (Å²) in [5.74, 6) is 0.824. The average Bonchev–Trinajstić information content (AvgIpc) is 3.22. The summed E-state index contributed by atoms with van der Waals surface area (Å²) in [6, 6.07) is 6.19. The number of hydrogen-bond acceptors (Lipinski definition) is 5. The highest BCUT2D eigenvalue weighted by Crippen LogP contribution is 2.52. The monoisotopic (exact) mass is 416 g/mol. The number of benzene rings is 1. The third-order valence-corrected chi connectivity index (χ3v) is 6.28. The van der Waals surface area contributed by atoms with Crippen LogP contribution in [0.3, 0.4) is 0 Å². The Morgan fingerprint density at radius 1 is 1.30 bits per heavy atom. The lowest BCUT2D eigenvalue weighted by atomic mass is 9.86. The zero-order valence-electron chi connectivity index (χ0n) is 18.3. The van der Waals surface area contributed by atoms with Crippen LogP contribution >= 0.6 is 0 Å². The maximum atomic E-state index is 11.6. The van der Waals surface area contributed by atoms with E-state index in [0.29, 0.717) is 19.4 Å². The van der Waals surface area contributed by atoms with Gasteiger partial charge in [-0.2, -0.15) is 0 Å². The first-order valence-electron chi connectivity index (χ1n) is 11.5. The molecule has 1 aliphatic carbocycles. The molecule has 5 nitrogen and oxygen atoms in total. The van der Waals surface area contributed by atoms with Gasteiger partial charge in [0.1, 0.15) is 11.9 Å². The molecule has 0 aromatic heterocycles. The lowest BCUT2D eigenvalue weighted by Crippen LogP contribution is -2.17. The van der Waals surface area contributed by atoms with Gasteiger partial charge in [-0.1, -0.05) is 56.5 Å². The summed E-state index contributed by atoms with van der Waals surface area (Å²) < 4.78 is 11.3. The van der Waals surface area contributed by atoms with Crippen LogP contribution < -0.4 is 4.74 Å². The summed E-state index contributed by atoms with van der Waals surface area (Å²) in [6.07, 6.45) is 9.44. The van der Waals surface area contributed by atoms with E-state index < -0.39 is 12.2 Å². The molecule has 2 aliphatic rings. The number of rotatable bonds is 11. The molecule has 0 saturated heterocycles. The fraction of sp³-hybridized carbons (Fsp3) is 0.640. The van der Waals surface area contributed by atoms with Crippen molar-refractivity contribution in [2.45, 2.75) is 89.4 Å². The SMILES string of the molecule is CCCCC[C@H](O)/C=C/[C@@H]1[C@H]2c3cccc(CCCC(=O)OCC)c3O[C@H]2C[C@H]1O. The maximum absolute atomic E-state index is 11.6. The van der Waals surface area contributed by atoms with Crippen molar-refractivity contribution in [1.29, 1.82) is 0 Å². The number of carbonyl (C=O) groups is 1. The van der Waals surface area contributed by atoms with Crippen molar-refractivity contribution in [3.8, 4) is 5.75 Å². The van der Waals surface area contributed by atoms with Crippen LogP contribution in [0.4, 0.5) is 0 Å². The molecule has 1 aliphatic heterocycles. The largest absolute Gasteiger partial charge is 0.489 e. The molecule has 3 rings (SSSR count). The van der Waals surface area contributed by atoms with Crippen molar-refractivity contribution < 1.29 is 24.5 Å². The molecule has 0 unspecified atom stereocenters.